The highest BCUT2D eigenvalue weighted by atomic mass is 127. The summed E-state index contributed by atoms with van der Waals surface area (Å²) >= 11 is 6.28. The Balaban J connectivity index is 0.00000364. The summed E-state index contributed by atoms with van der Waals surface area (Å²) in [4.78, 5) is 4.53. The van der Waals surface area contributed by atoms with Gasteiger partial charge in [-0.2, -0.15) is 0 Å². The van der Waals surface area contributed by atoms with Gasteiger partial charge in [0.25, 0.3) is 0 Å². The first-order valence-corrected chi connectivity index (χ1v) is 9.64. The number of nitrogens with zero attached hydrogens (tertiary/aromatic N) is 1. The molecule has 0 spiro atoms. The number of hydrogen-bond donors (Lipinski definition) is 2. The van der Waals surface area contributed by atoms with Gasteiger partial charge in [-0.15, -0.1) is 24.0 Å². The molecule has 1 aromatic rings. The molecule has 0 radical (unpaired) electrons. The van der Waals surface area contributed by atoms with Gasteiger partial charge in [0.1, 0.15) is 5.75 Å². The fraction of sp³-hybridized carbons (Fsp3) is 0.632. The second-order valence-corrected chi connectivity index (χ2v) is 6.51. The quantitative estimate of drug-likeness (QED) is 0.219. The number of hydrogen-bond acceptors (Lipinski definition) is 4. The number of halogens is 2. The van der Waals surface area contributed by atoms with Crippen molar-refractivity contribution in [3.63, 3.8) is 0 Å². The minimum Gasteiger partial charge on any atom is -0.497 e. The minimum atomic E-state index is 0. The lowest BCUT2D eigenvalue weighted by molar-refractivity contribution is 0.0200. The first kappa shape index (κ1) is 24.3. The van der Waals surface area contributed by atoms with E-state index in [1.807, 2.05) is 25.1 Å². The normalized spacial score (nSPS) is 16.7. The third-order valence-corrected chi connectivity index (χ3v) is 4.48. The lowest BCUT2D eigenvalue weighted by atomic mass is 10.1. The van der Waals surface area contributed by atoms with Gasteiger partial charge in [0.15, 0.2) is 5.96 Å². The van der Waals surface area contributed by atoms with Crippen LogP contribution in [0.1, 0.15) is 25.3 Å². The molecule has 1 fully saturated rings. The summed E-state index contributed by atoms with van der Waals surface area (Å²) in [6, 6.07) is 5.75. The summed E-state index contributed by atoms with van der Waals surface area (Å²) in [5, 5.41) is 7.28. The predicted molar refractivity (Wildman–Crippen MR) is 121 cm³/mol. The molecule has 1 aromatic carbocycles. The van der Waals surface area contributed by atoms with Crippen molar-refractivity contribution in [2.75, 3.05) is 46.6 Å². The molecule has 0 saturated carbocycles. The third kappa shape index (κ3) is 9.32. The Bertz CT molecular complexity index is 569. The van der Waals surface area contributed by atoms with Crippen LogP contribution in [-0.2, 0) is 15.9 Å². The van der Waals surface area contributed by atoms with E-state index in [9.17, 15) is 0 Å². The van der Waals surface area contributed by atoms with Gasteiger partial charge in [-0.1, -0.05) is 17.7 Å². The fourth-order valence-corrected chi connectivity index (χ4v) is 2.99. The van der Waals surface area contributed by atoms with E-state index in [0.717, 1.165) is 61.3 Å². The van der Waals surface area contributed by atoms with Gasteiger partial charge >= 0.3 is 0 Å². The monoisotopic (exact) mass is 511 g/mol. The molecular weight excluding hydrogens is 481 g/mol. The van der Waals surface area contributed by atoms with E-state index in [0.29, 0.717) is 19.8 Å². The molecule has 1 heterocycles. The molecule has 8 heteroatoms. The molecule has 1 atom stereocenters. The molecule has 0 amide bonds. The number of ether oxygens (including phenoxy) is 3. The van der Waals surface area contributed by atoms with Gasteiger partial charge < -0.3 is 24.8 Å². The van der Waals surface area contributed by atoms with Crippen molar-refractivity contribution in [1.82, 2.24) is 10.6 Å². The van der Waals surface area contributed by atoms with Crippen molar-refractivity contribution in [2.24, 2.45) is 4.99 Å². The van der Waals surface area contributed by atoms with E-state index in [1.165, 1.54) is 0 Å². The lowest BCUT2D eigenvalue weighted by Crippen LogP contribution is -2.38. The fourth-order valence-electron chi connectivity index (χ4n) is 2.73. The maximum atomic E-state index is 6.28. The maximum absolute atomic E-state index is 6.28. The number of aliphatic imine (C=N–C) groups is 1. The molecule has 1 aliphatic rings. The number of benzene rings is 1. The van der Waals surface area contributed by atoms with E-state index < -0.39 is 0 Å². The molecule has 2 N–H and O–H groups in total. The number of methoxy groups -OCH3 is 1. The molecular formula is C19H31ClIN3O3. The molecule has 1 saturated heterocycles. The average Bonchev–Trinajstić information content (AvgIpc) is 3.16. The zero-order valence-corrected chi connectivity index (χ0v) is 19.2. The van der Waals surface area contributed by atoms with Gasteiger partial charge in [-0.3, -0.25) is 4.99 Å². The molecule has 1 aliphatic heterocycles. The van der Waals surface area contributed by atoms with E-state index in [2.05, 4.69) is 15.6 Å². The Morgan fingerprint density at radius 1 is 1.37 bits per heavy atom. The van der Waals surface area contributed by atoms with Crippen LogP contribution < -0.4 is 15.4 Å². The van der Waals surface area contributed by atoms with Crippen LogP contribution in [0.4, 0.5) is 0 Å². The topological polar surface area (TPSA) is 64.1 Å². The number of guanidine groups is 1. The van der Waals surface area contributed by atoms with E-state index >= 15 is 0 Å². The molecule has 0 bridgehead atoms. The molecule has 0 aromatic heterocycles. The maximum Gasteiger partial charge on any atom is 0.191 e. The van der Waals surface area contributed by atoms with Crippen molar-refractivity contribution >= 4 is 41.5 Å². The Kier molecular flexibility index (Phi) is 12.8. The number of rotatable bonds is 10. The van der Waals surface area contributed by atoms with Crippen LogP contribution in [0.3, 0.4) is 0 Å². The number of nitrogens with one attached hydrogen (secondary N) is 2. The van der Waals surface area contributed by atoms with Crippen molar-refractivity contribution in [3.05, 3.63) is 28.8 Å². The van der Waals surface area contributed by atoms with Crippen LogP contribution >= 0.6 is 35.6 Å². The summed E-state index contributed by atoms with van der Waals surface area (Å²) in [6.07, 6.45) is 3.31. The van der Waals surface area contributed by atoms with Crippen LogP contribution in [0.5, 0.6) is 5.75 Å². The summed E-state index contributed by atoms with van der Waals surface area (Å²) in [7, 11) is 1.64. The van der Waals surface area contributed by atoms with E-state index in [-0.39, 0.29) is 30.1 Å². The largest absolute Gasteiger partial charge is 0.497 e. The van der Waals surface area contributed by atoms with E-state index in [4.69, 9.17) is 25.8 Å². The molecule has 0 aliphatic carbocycles. The zero-order valence-electron chi connectivity index (χ0n) is 16.1. The zero-order chi connectivity index (χ0) is 18.6. The standard InChI is InChI=1S/C19H30ClN3O3.HI/c1-3-21-19(23-10-12-25-14-17-5-4-11-26-17)22-9-8-15-6-7-16(24-2)13-18(15)20;/h6-7,13,17H,3-5,8-12,14H2,1-2H3,(H2,21,22,23);1H. The lowest BCUT2D eigenvalue weighted by Gasteiger charge is -2.13. The molecule has 27 heavy (non-hydrogen) atoms. The minimum absolute atomic E-state index is 0. The van der Waals surface area contributed by atoms with Gasteiger partial charge in [0.05, 0.1) is 33.0 Å². The summed E-state index contributed by atoms with van der Waals surface area (Å²) in [5.74, 6) is 1.56. The highest BCUT2D eigenvalue weighted by Gasteiger charge is 2.14. The van der Waals surface area contributed by atoms with Crippen LogP contribution in [0.15, 0.2) is 23.2 Å². The van der Waals surface area contributed by atoms with Gasteiger partial charge in [0.2, 0.25) is 0 Å². The Morgan fingerprint density at radius 3 is 2.89 bits per heavy atom. The SMILES string of the molecule is CCNC(=NCCOCC1CCCO1)NCCc1ccc(OC)cc1Cl.I. The predicted octanol–water partition coefficient (Wildman–Crippen LogP) is 3.26. The van der Waals surface area contributed by atoms with Gasteiger partial charge in [-0.05, 0) is 43.9 Å². The highest BCUT2D eigenvalue weighted by Crippen LogP contribution is 2.22. The van der Waals surface area contributed by atoms with Crippen LogP contribution in [0, 0.1) is 0 Å². The van der Waals surface area contributed by atoms with E-state index in [1.54, 1.807) is 7.11 Å². The third-order valence-electron chi connectivity index (χ3n) is 4.12. The van der Waals surface area contributed by atoms with Crippen molar-refractivity contribution < 1.29 is 14.2 Å². The molecule has 154 valence electrons. The Morgan fingerprint density at radius 2 is 2.22 bits per heavy atom. The van der Waals surface area contributed by atoms with Gasteiger partial charge in [0, 0.05) is 24.7 Å². The molecule has 6 nitrogen and oxygen atoms in total. The summed E-state index contributed by atoms with van der Waals surface area (Å²) in [6.45, 7) is 6.34. The van der Waals surface area contributed by atoms with Gasteiger partial charge in [-0.25, -0.2) is 0 Å². The second-order valence-electron chi connectivity index (χ2n) is 6.10. The van der Waals surface area contributed by atoms with Crippen LogP contribution in [0.2, 0.25) is 5.02 Å². The smallest absolute Gasteiger partial charge is 0.191 e. The van der Waals surface area contributed by atoms with Crippen molar-refractivity contribution in [1.29, 1.82) is 0 Å². The summed E-state index contributed by atoms with van der Waals surface area (Å²) < 4.78 is 16.3. The van der Waals surface area contributed by atoms with Crippen LogP contribution in [-0.4, -0.2) is 58.6 Å². The average molecular weight is 512 g/mol. The second kappa shape index (κ2) is 14.3. The molecule has 2 rings (SSSR count). The van der Waals surface area contributed by atoms with Crippen molar-refractivity contribution in [3.8, 4) is 5.75 Å². The molecule has 1 unspecified atom stereocenters. The first-order valence-electron chi connectivity index (χ1n) is 9.27. The van der Waals surface area contributed by atoms with Crippen LogP contribution in [0.25, 0.3) is 0 Å². The van der Waals surface area contributed by atoms with Crippen molar-refractivity contribution in [2.45, 2.75) is 32.3 Å². The summed E-state index contributed by atoms with van der Waals surface area (Å²) in [5.41, 5.74) is 1.08. The first-order chi connectivity index (χ1) is 12.7. The highest BCUT2D eigenvalue weighted by molar-refractivity contribution is 14.0. The Labute approximate surface area is 184 Å². The Hall–Kier alpha value is -0.770.